The summed E-state index contributed by atoms with van der Waals surface area (Å²) >= 11 is 4.91. The molecule has 0 saturated heterocycles. The zero-order valence-electron chi connectivity index (χ0n) is 10.4. The highest BCUT2D eigenvalue weighted by molar-refractivity contribution is 9.10. The highest BCUT2D eigenvalue weighted by Crippen LogP contribution is 2.27. The summed E-state index contributed by atoms with van der Waals surface area (Å²) < 4.78 is 14.5. The van der Waals surface area contributed by atoms with Crippen LogP contribution in [0.1, 0.15) is 28.5 Å². The largest absolute Gasteiger partial charge is 0.375 e. The minimum absolute atomic E-state index is 0.00868. The van der Waals surface area contributed by atoms with Crippen LogP contribution in [0.25, 0.3) is 0 Å². The summed E-state index contributed by atoms with van der Waals surface area (Å²) in [4.78, 5) is 5.65. The Morgan fingerprint density at radius 2 is 2.11 bits per heavy atom. The van der Waals surface area contributed by atoms with Crippen LogP contribution in [0.5, 0.6) is 0 Å². The molecule has 1 atom stereocenters. The Balaban J connectivity index is 2.21. The van der Waals surface area contributed by atoms with Crippen LogP contribution in [0.4, 0.5) is 10.1 Å². The second-order valence-corrected chi connectivity index (χ2v) is 6.49. The molecule has 0 aliphatic rings. The monoisotopic (exact) mass is 328 g/mol. The van der Waals surface area contributed by atoms with Gasteiger partial charge in [-0.1, -0.05) is 15.9 Å². The summed E-state index contributed by atoms with van der Waals surface area (Å²) in [5.41, 5.74) is 1.48. The number of aromatic nitrogens is 1. The van der Waals surface area contributed by atoms with Crippen LogP contribution in [-0.2, 0) is 0 Å². The Bertz CT molecular complexity index is 568. The molecule has 0 amide bonds. The summed E-state index contributed by atoms with van der Waals surface area (Å²) in [5.74, 6) is -0.263. The Labute approximate surface area is 118 Å². The molecule has 1 heterocycles. The van der Waals surface area contributed by atoms with E-state index >= 15 is 0 Å². The van der Waals surface area contributed by atoms with Crippen LogP contribution in [0.2, 0.25) is 0 Å². The van der Waals surface area contributed by atoms with Gasteiger partial charge < -0.3 is 5.32 Å². The van der Waals surface area contributed by atoms with Gasteiger partial charge in [0.1, 0.15) is 5.82 Å². The standard InChI is InChI=1S/C13H14BrFN2S/c1-7(13-8(2)18-9(3)17-13)16-12-5-4-10(14)6-11(12)15/h4-7,16H,1-3H3. The van der Waals surface area contributed by atoms with E-state index in [4.69, 9.17) is 0 Å². The number of nitrogens with one attached hydrogen (secondary N) is 1. The first-order valence-corrected chi connectivity index (χ1v) is 7.24. The Hall–Kier alpha value is -0.940. The van der Waals surface area contributed by atoms with Gasteiger partial charge in [-0.15, -0.1) is 11.3 Å². The second kappa shape index (κ2) is 5.36. The zero-order chi connectivity index (χ0) is 13.3. The topological polar surface area (TPSA) is 24.9 Å². The molecule has 0 radical (unpaired) electrons. The smallest absolute Gasteiger partial charge is 0.147 e. The average molecular weight is 329 g/mol. The third-order valence-electron chi connectivity index (χ3n) is 2.65. The van der Waals surface area contributed by atoms with Crippen LogP contribution in [0.15, 0.2) is 22.7 Å². The number of aryl methyl sites for hydroxylation is 2. The van der Waals surface area contributed by atoms with Gasteiger partial charge in [0.2, 0.25) is 0 Å². The highest BCUT2D eigenvalue weighted by Gasteiger charge is 2.14. The minimum Gasteiger partial charge on any atom is -0.375 e. The molecule has 2 nitrogen and oxygen atoms in total. The fourth-order valence-electron chi connectivity index (χ4n) is 1.85. The van der Waals surface area contributed by atoms with Crippen LogP contribution in [-0.4, -0.2) is 4.98 Å². The van der Waals surface area contributed by atoms with Crippen molar-refractivity contribution in [1.29, 1.82) is 0 Å². The van der Waals surface area contributed by atoms with Gasteiger partial charge in [0.25, 0.3) is 0 Å². The molecule has 2 rings (SSSR count). The predicted molar refractivity (Wildman–Crippen MR) is 77.7 cm³/mol. The zero-order valence-corrected chi connectivity index (χ0v) is 12.8. The molecule has 1 N–H and O–H groups in total. The van der Waals surface area contributed by atoms with Crippen molar-refractivity contribution in [3.8, 4) is 0 Å². The average Bonchev–Trinajstić information content (AvgIpc) is 2.62. The SMILES string of the molecule is Cc1nc(C(C)Nc2ccc(Br)cc2F)c(C)s1. The third kappa shape index (κ3) is 2.90. The van der Waals surface area contributed by atoms with Gasteiger partial charge in [-0.05, 0) is 39.0 Å². The first-order chi connectivity index (χ1) is 8.47. The minimum atomic E-state index is -0.263. The Morgan fingerprint density at radius 1 is 1.39 bits per heavy atom. The number of thiazole rings is 1. The second-order valence-electron chi connectivity index (χ2n) is 4.16. The van der Waals surface area contributed by atoms with Crippen LogP contribution < -0.4 is 5.32 Å². The molecule has 1 aromatic carbocycles. The third-order valence-corrected chi connectivity index (χ3v) is 4.05. The van der Waals surface area contributed by atoms with Crippen molar-refractivity contribution in [2.45, 2.75) is 26.8 Å². The number of nitrogens with zero attached hydrogens (tertiary/aromatic N) is 1. The predicted octanol–water partition coefficient (Wildman–Crippen LogP) is 4.83. The molecular weight excluding hydrogens is 315 g/mol. The van der Waals surface area contributed by atoms with Crippen molar-refractivity contribution >= 4 is 33.0 Å². The maximum Gasteiger partial charge on any atom is 0.147 e. The number of hydrogen-bond donors (Lipinski definition) is 1. The molecule has 0 spiro atoms. The molecule has 18 heavy (non-hydrogen) atoms. The van der Waals surface area contributed by atoms with E-state index in [1.807, 2.05) is 26.8 Å². The van der Waals surface area contributed by atoms with Crippen molar-refractivity contribution in [2.24, 2.45) is 0 Å². The van der Waals surface area contributed by atoms with Gasteiger partial charge in [0.15, 0.2) is 0 Å². The lowest BCUT2D eigenvalue weighted by molar-refractivity contribution is 0.626. The van der Waals surface area contributed by atoms with Crippen molar-refractivity contribution in [3.05, 3.63) is 44.1 Å². The maximum absolute atomic E-state index is 13.7. The van der Waals surface area contributed by atoms with Gasteiger partial charge in [0.05, 0.1) is 22.4 Å². The molecule has 2 aromatic rings. The number of rotatable bonds is 3. The molecule has 0 saturated carbocycles. The van der Waals surface area contributed by atoms with E-state index in [9.17, 15) is 4.39 Å². The van der Waals surface area contributed by atoms with E-state index in [1.165, 1.54) is 10.9 Å². The van der Waals surface area contributed by atoms with E-state index in [0.717, 1.165) is 15.2 Å². The Morgan fingerprint density at radius 3 is 2.67 bits per heavy atom. The summed E-state index contributed by atoms with van der Waals surface area (Å²) in [6, 6.07) is 4.99. The molecule has 96 valence electrons. The maximum atomic E-state index is 13.7. The van der Waals surface area contributed by atoms with Gasteiger partial charge in [-0.3, -0.25) is 0 Å². The normalized spacial score (nSPS) is 12.5. The molecular formula is C13H14BrFN2S. The fourth-order valence-corrected chi connectivity index (χ4v) is 3.10. The summed E-state index contributed by atoms with van der Waals surface area (Å²) in [6.45, 7) is 6.01. The van der Waals surface area contributed by atoms with Crippen molar-refractivity contribution < 1.29 is 4.39 Å². The lowest BCUT2D eigenvalue weighted by Crippen LogP contribution is -2.09. The number of benzene rings is 1. The van der Waals surface area contributed by atoms with Gasteiger partial charge in [-0.25, -0.2) is 9.37 Å². The van der Waals surface area contributed by atoms with E-state index < -0.39 is 0 Å². The molecule has 0 fully saturated rings. The molecule has 5 heteroatoms. The first kappa shape index (κ1) is 13.5. The summed E-state index contributed by atoms with van der Waals surface area (Å²) in [6.07, 6.45) is 0. The number of hydrogen-bond acceptors (Lipinski definition) is 3. The van der Waals surface area contributed by atoms with Gasteiger partial charge in [-0.2, -0.15) is 0 Å². The van der Waals surface area contributed by atoms with E-state index in [1.54, 1.807) is 17.4 Å². The van der Waals surface area contributed by atoms with Gasteiger partial charge in [0, 0.05) is 9.35 Å². The molecule has 0 aliphatic carbocycles. The van der Waals surface area contributed by atoms with Crippen molar-refractivity contribution in [1.82, 2.24) is 4.98 Å². The van der Waals surface area contributed by atoms with Crippen LogP contribution in [0.3, 0.4) is 0 Å². The number of halogens is 2. The van der Waals surface area contributed by atoms with E-state index in [0.29, 0.717) is 5.69 Å². The van der Waals surface area contributed by atoms with E-state index in [2.05, 4.69) is 26.2 Å². The van der Waals surface area contributed by atoms with Crippen LogP contribution >= 0.6 is 27.3 Å². The Kier molecular flexibility index (Phi) is 4.02. The lowest BCUT2D eigenvalue weighted by atomic mass is 10.2. The summed E-state index contributed by atoms with van der Waals surface area (Å²) in [7, 11) is 0. The van der Waals surface area contributed by atoms with Crippen molar-refractivity contribution in [2.75, 3.05) is 5.32 Å². The lowest BCUT2D eigenvalue weighted by Gasteiger charge is -2.15. The molecule has 1 aromatic heterocycles. The van der Waals surface area contributed by atoms with Crippen LogP contribution in [0, 0.1) is 19.7 Å². The fraction of sp³-hybridized carbons (Fsp3) is 0.308. The summed E-state index contributed by atoms with van der Waals surface area (Å²) in [5, 5.41) is 4.19. The first-order valence-electron chi connectivity index (χ1n) is 5.63. The molecule has 1 unspecified atom stereocenters. The molecule has 0 bridgehead atoms. The van der Waals surface area contributed by atoms with Gasteiger partial charge >= 0.3 is 0 Å². The molecule has 0 aliphatic heterocycles. The van der Waals surface area contributed by atoms with Crippen molar-refractivity contribution in [3.63, 3.8) is 0 Å². The quantitative estimate of drug-likeness (QED) is 0.872. The number of anilines is 1. The van der Waals surface area contributed by atoms with E-state index in [-0.39, 0.29) is 11.9 Å². The highest BCUT2D eigenvalue weighted by atomic mass is 79.9.